The molecule has 1 fully saturated rings. The lowest BCUT2D eigenvalue weighted by molar-refractivity contribution is -0.128. The third-order valence-corrected chi connectivity index (χ3v) is 5.60. The average molecular weight is 368 g/mol. The van der Waals surface area contributed by atoms with Crippen LogP contribution in [-0.2, 0) is 22.7 Å². The molecule has 1 aromatic carbocycles. The molecule has 0 bridgehead atoms. The Kier molecular flexibility index (Phi) is 6.26. The third-order valence-electron chi connectivity index (χ3n) is 5.60. The zero-order valence-corrected chi connectivity index (χ0v) is 16.7. The second-order valence-corrected chi connectivity index (χ2v) is 8.09. The molecule has 0 amide bonds. The number of benzene rings is 1. The molecule has 0 aliphatic heterocycles. The molecule has 1 saturated carbocycles. The Labute approximate surface area is 155 Å². The number of halogens is 2. The molecule has 3 atom stereocenters. The number of hydrogen-bond donors (Lipinski definition) is 1. The number of aliphatic hydroxyl groups excluding tert-OH is 1. The second kappa shape index (κ2) is 7.75. The lowest BCUT2D eigenvalue weighted by Crippen LogP contribution is -2.19. The molecular formula is C21H30F2O3. The van der Waals surface area contributed by atoms with Gasteiger partial charge in [0.25, 0.3) is 0 Å². The van der Waals surface area contributed by atoms with Crippen LogP contribution in [-0.4, -0.2) is 18.5 Å². The summed E-state index contributed by atoms with van der Waals surface area (Å²) in [5.74, 6) is -1.02. The molecule has 0 aromatic heterocycles. The standard InChI is InChI=1S/C21H30F2O3/c1-11(2)8-16-17(21(16,5)6)20(24)26-10-14-12(3)18(22)15(9-25-7)19(23)13(14)4/h8,16-17,20,24H,9-10H2,1-7H3. The number of allylic oxidation sites excluding steroid dienone is 2. The summed E-state index contributed by atoms with van der Waals surface area (Å²) in [6.07, 6.45) is 1.17. The van der Waals surface area contributed by atoms with Crippen LogP contribution < -0.4 is 0 Å². The minimum absolute atomic E-state index is 0.0273. The highest BCUT2D eigenvalue weighted by atomic mass is 19.1. The first-order valence-corrected chi connectivity index (χ1v) is 8.93. The van der Waals surface area contributed by atoms with Crippen LogP contribution in [0.15, 0.2) is 11.6 Å². The fourth-order valence-electron chi connectivity index (χ4n) is 3.80. The van der Waals surface area contributed by atoms with Crippen molar-refractivity contribution in [2.45, 2.75) is 61.0 Å². The largest absolute Gasteiger partial charge is 0.380 e. The smallest absolute Gasteiger partial charge is 0.158 e. The maximum Gasteiger partial charge on any atom is 0.158 e. The Bertz CT molecular complexity index is 677. The van der Waals surface area contributed by atoms with Gasteiger partial charge in [-0.05, 0) is 55.7 Å². The molecule has 0 saturated heterocycles. The normalized spacial score (nSPS) is 22.2. The van der Waals surface area contributed by atoms with E-state index in [1.54, 1.807) is 13.8 Å². The predicted octanol–water partition coefficient (Wildman–Crippen LogP) is 4.80. The molecule has 1 aromatic rings. The van der Waals surface area contributed by atoms with Crippen molar-refractivity contribution in [1.29, 1.82) is 0 Å². The number of aliphatic hydroxyl groups is 1. The second-order valence-electron chi connectivity index (χ2n) is 8.09. The van der Waals surface area contributed by atoms with Crippen molar-refractivity contribution in [3.05, 3.63) is 45.5 Å². The highest BCUT2D eigenvalue weighted by Gasteiger charge is 2.60. The average Bonchev–Trinajstić information content (AvgIpc) is 3.09. The van der Waals surface area contributed by atoms with Gasteiger partial charge in [0.1, 0.15) is 11.6 Å². The van der Waals surface area contributed by atoms with Crippen molar-refractivity contribution in [1.82, 2.24) is 0 Å². The SMILES string of the molecule is COCc1c(F)c(C)c(COC(O)C2C(C=C(C)C)C2(C)C)c(C)c1F. The van der Waals surface area contributed by atoms with Crippen molar-refractivity contribution in [3.8, 4) is 0 Å². The van der Waals surface area contributed by atoms with E-state index in [4.69, 9.17) is 9.47 Å². The molecule has 2 rings (SSSR count). The zero-order chi connectivity index (χ0) is 19.8. The minimum Gasteiger partial charge on any atom is -0.380 e. The van der Waals surface area contributed by atoms with Gasteiger partial charge < -0.3 is 14.6 Å². The monoisotopic (exact) mass is 368 g/mol. The number of methoxy groups -OCH3 is 1. The van der Waals surface area contributed by atoms with Crippen LogP contribution in [0, 0.1) is 42.7 Å². The maximum atomic E-state index is 14.5. The summed E-state index contributed by atoms with van der Waals surface area (Å²) in [6.45, 7) is 11.3. The number of hydrogen-bond acceptors (Lipinski definition) is 3. The van der Waals surface area contributed by atoms with Gasteiger partial charge in [-0.15, -0.1) is 0 Å². The zero-order valence-electron chi connectivity index (χ0n) is 16.7. The summed E-state index contributed by atoms with van der Waals surface area (Å²) < 4.78 is 39.5. The van der Waals surface area contributed by atoms with Crippen molar-refractivity contribution in [3.63, 3.8) is 0 Å². The molecule has 0 spiro atoms. The van der Waals surface area contributed by atoms with E-state index in [0.29, 0.717) is 16.7 Å². The van der Waals surface area contributed by atoms with E-state index in [-0.39, 0.29) is 36.0 Å². The van der Waals surface area contributed by atoms with Gasteiger partial charge in [0.15, 0.2) is 6.29 Å². The Balaban J connectivity index is 2.17. The molecule has 1 aliphatic rings. The first-order chi connectivity index (χ1) is 12.0. The summed E-state index contributed by atoms with van der Waals surface area (Å²) >= 11 is 0. The minimum atomic E-state index is -0.978. The van der Waals surface area contributed by atoms with E-state index >= 15 is 0 Å². The van der Waals surface area contributed by atoms with E-state index in [1.807, 2.05) is 13.8 Å². The first-order valence-electron chi connectivity index (χ1n) is 8.93. The van der Waals surface area contributed by atoms with Crippen molar-refractivity contribution < 1.29 is 23.4 Å². The molecule has 5 heteroatoms. The van der Waals surface area contributed by atoms with E-state index in [9.17, 15) is 13.9 Å². The third kappa shape index (κ3) is 3.85. The van der Waals surface area contributed by atoms with Gasteiger partial charge in [-0.2, -0.15) is 0 Å². The molecule has 1 aliphatic carbocycles. The van der Waals surface area contributed by atoms with E-state index in [2.05, 4.69) is 19.9 Å². The van der Waals surface area contributed by atoms with Gasteiger partial charge in [0, 0.05) is 18.6 Å². The summed E-state index contributed by atoms with van der Waals surface area (Å²) in [7, 11) is 1.40. The Hall–Kier alpha value is -1.30. The summed E-state index contributed by atoms with van der Waals surface area (Å²) in [4.78, 5) is 0. The quantitative estimate of drug-likeness (QED) is 0.555. The van der Waals surface area contributed by atoms with Crippen molar-refractivity contribution >= 4 is 0 Å². The van der Waals surface area contributed by atoms with Crippen LogP contribution in [0.1, 0.15) is 49.9 Å². The molecule has 26 heavy (non-hydrogen) atoms. The van der Waals surface area contributed by atoms with Gasteiger partial charge in [-0.3, -0.25) is 0 Å². The molecule has 0 heterocycles. The van der Waals surface area contributed by atoms with Crippen LogP contribution in [0.2, 0.25) is 0 Å². The molecule has 0 radical (unpaired) electrons. The topological polar surface area (TPSA) is 38.7 Å². The fraction of sp³-hybridized carbons (Fsp3) is 0.619. The van der Waals surface area contributed by atoms with Gasteiger partial charge in [0.2, 0.25) is 0 Å². The molecule has 1 N–H and O–H groups in total. The fourth-order valence-corrected chi connectivity index (χ4v) is 3.80. The van der Waals surface area contributed by atoms with Gasteiger partial charge >= 0.3 is 0 Å². The highest BCUT2D eigenvalue weighted by Crippen LogP contribution is 2.61. The number of ether oxygens (including phenoxy) is 2. The van der Waals surface area contributed by atoms with E-state index in [0.717, 1.165) is 0 Å². The Morgan fingerprint density at radius 3 is 2.12 bits per heavy atom. The van der Waals surface area contributed by atoms with Gasteiger partial charge in [-0.25, -0.2) is 8.78 Å². The van der Waals surface area contributed by atoms with Crippen LogP contribution in [0.5, 0.6) is 0 Å². The molecule has 3 nitrogen and oxygen atoms in total. The lowest BCUT2D eigenvalue weighted by Gasteiger charge is -2.19. The Morgan fingerprint density at radius 1 is 1.12 bits per heavy atom. The Morgan fingerprint density at radius 2 is 1.65 bits per heavy atom. The van der Waals surface area contributed by atoms with Crippen LogP contribution in [0.3, 0.4) is 0 Å². The molecular weight excluding hydrogens is 338 g/mol. The van der Waals surface area contributed by atoms with E-state index in [1.165, 1.54) is 12.7 Å². The lowest BCUT2D eigenvalue weighted by atomic mass is 9.98. The van der Waals surface area contributed by atoms with Crippen LogP contribution in [0.25, 0.3) is 0 Å². The van der Waals surface area contributed by atoms with E-state index < -0.39 is 17.9 Å². The predicted molar refractivity (Wildman–Crippen MR) is 97.5 cm³/mol. The maximum absolute atomic E-state index is 14.5. The van der Waals surface area contributed by atoms with Crippen molar-refractivity contribution in [2.24, 2.45) is 17.3 Å². The van der Waals surface area contributed by atoms with Gasteiger partial charge in [-0.1, -0.05) is 25.5 Å². The number of rotatable bonds is 7. The first kappa shape index (κ1) is 21.0. The summed E-state index contributed by atoms with van der Waals surface area (Å²) in [5, 5.41) is 10.5. The van der Waals surface area contributed by atoms with Crippen molar-refractivity contribution in [2.75, 3.05) is 7.11 Å². The summed E-state index contributed by atoms with van der Waals surface area (Å²) in [5.41, 5.74) is 2.18. The van der Waals surface area contributed by atoms with Crippen LogP contribution in [0.4, 0.5) is 8.78 Å². The molecule has 3 unspecified atom stereocenters. The summed E-state index contributed by atoms with van der Waals surface area (Å²) in [6, 6.07) is 0. The van der Waals surface area contributed by atoms with Crippen LogP contribution >= 0.6 is 0 Å². The highest BCUT2D eigenvalue weighted by molar-refractivity contribution is 5.40. The van der Waals surface area contributed by atoms with Gasteiger partial charge in [0.05, 0.1) is 13.2 Å². The molecule has 146 valence electrons.